The Labute approximate surface area is 140 Å². The van der Waals surface area contributed by atoms with Crippen molar-refractivity contribution < 1.29 is 9.90 Å². The van der Waals surface area contributed by atoms with E-state index in [4.69, 9.17) is 5.11 Å². The molecule has 0 bridgehead atoms. The Morgan fingerprint density at radius 1 is 1.12 bits per heavy atom. The Hall–Kier alpha value is -3.06. The van der Waals surface area contributed by atoms with Crippen molar-refractivity contribution in [3.05, 3.63) is 54.5 Å². The molecule has 0 atom stereocenters. The first-order chi connectivity index (χ1) is 11.7. The highest BCUT2D eigenvalue weighted by atomic mass is 32.1. The molecular formula is C17H12N4O2S. The number of hydrogen-bond acceptors (Lipinski definition) is 6. The van der Waals surface area contributed by atoms with Gasteiger partial charge in [-0.1, -0.05) is 12.1 Å². The van der Waals surface area contributed by atoms with Crippen LogP contribution in [0.5, 0.6) is 0 Å². The van der Waals surface area contributed by atoms with Crippen LogP contribution in [0.4, 0.5) is 11.5 Å². The van der Waals surface area contributed by atoms with Gasteiger partial charge in [-0.15, -0.1) is 11.3 Å². The summed E-state index contributed by atoms with van der Waals surface area (Å²) in [6.45, 7) is 0. The summed E-state index contributed by atoms with van der Waals surface area (Å²) in [7, 11) is 0. The van der Waals surface area contributed by atoms with Crippen molar-refractivity contribution in [3.63, 3.8) is 0 Å². The van der Waals surface area contributed by atoms with Crippen molar-refractivity contribution in [2.24, 2.45) is 0 Å². The van der Waals surface area contributed by atoms with E-state index in [0.29, 0.717) is 5.82 Å². The number of rotatable bonds is 4. The minimum Gasteiger partial charge on any atom is -0.481 e. The van der Waals surface area contributed by atoms with E-state index >= 15 is 0 Å². The number of hydrogen-bond donors (Lipinski definition) is 2. The molecule has 3 heterocycles. The summed E-state index contributed by atoms with van der Waals surface area (Å²) < 4.78 is 0.945. The molecule has 0 amide bonds. The van der Waals surface area contributed by atoms with Gasteiger partial charge in [0.05, 0.1) is 16.6 Å². The molecular weight excluding hydrogens is 324 g/mol. The average Bonchev–Trinajstić information content (AvgIpc) is 2.96. The summed E-state index contributed by atoms with van der Waals surface area (Å²) in [5.74, 6) is -0.125. The maximum atomic E-state index is 10.7. The van der Waals surface area contributed by atoms with Crippen molar-refractivity contribution in [3.8, 4) is 0 Å². The second kappa shape index (κ2) is 5.86. The fraction of sp³-hybridized carbons (Fsp3) is 0.0588. The van der Waals surface area contributed by atoms with Gasteiger partial charge in [0.2, 0.25) is 0 Å². The van der Waals surface area contributed by atoms with Crippen molar-refractivity contribution in [2.45, 2.75) is 6.42 Å². The van der Waals surface area contributed by atoms with Gasteiger partial charge < -0.3 is 10.4 Å². The number of aromatic nitrogens is 3. The van der Waals surface area contributed by atoms with Crippen molar-refractivity contribution in [1.82, 2.24) is 15.0 Å². The molecule has 0 saturated heterocycles. The normalized spacial score (nSPS) is 11.0. The Balaban J connectivity index is 1.70. The van der Waals surface area contributed by atoms with Crippen LogP contribution in [-0.2, 0) is 11.2 Å². The summed E-state index contributed by atoms with van der Waals surface area (Å²) in [6.07, 6.45) is 3.31. The number of pyridine rings is 1. The first kappa shape index (κ1) is 14.5. The largest absolute Gasteiger partial charge is 0.481 e. The quantitative estimate of drug-likeness (QED) is 0.592. The molecule has 118 valence electrons. The summed E-state index contributed by atoms with van der Waals surface area (Å²) in [5.41, 5.74) is 2.48. The number of thiophene rings is 1. The monoisotopic (exact) mass is 336 g/mol. The zero-order valence-electron chi connectivity index (χ0n) is 12.4. The van der Waals surface area contributed by atoms with Gasteiger partial charge in [-0.3, -0.25) is 4.79 Å². The number of carboxylic acids is 1. The molecule has 0 fully saturated rings. The highest BCUT2D eigenvalue weighted by Gasteiger charge is 2.12. The molecule has 3 aromatic heterocycles. The molecule has 0 unspecified atom stereocenters. The standard InChI is InChI=1S/C17H12N4O2S/c22-13(23)8-10-3-5-11(6-4-10)21-16-15-14(19-9-20-16)12-2-1-7-18-17(12)24-15/h1-7,9H,8H2,(H,22,23)(H,19,20,21). The molecule has 0 radical (unpaired) electrons. The first-order valence-electron chi connectivity index (χ1n) is 7.27. The highest BCUT2D eigenvalue weighted by molar-refractivity contribution is 7.25. The number of aliphatic carboxylic acids is 1. The van der Waals surface area contributed by atoms with Gasteiger partial charge in [-0.25, -0.2) is 15.0 Å². The molecule has 2 N–H and O–H groups in total. The van der Waals surface area contributed by atoms with Gasteiger partial charge >= 0.3 is 5.97 Å². The number of carboxylic acid groups (broad SMARTS) is 1. The molecule has 24 heavy (non-hydrogen) atoms. The SMILES string of the molecule is O=C(O)Cc1ccc(Nc2ncnc3c2sc2ncccc23)cc1. The Bertz CT molecular complexity index is 1040. The zero-order valence-corrected chi connectivity index (χ0v) is 13.2. The molecule has 0 saturated carbocycles. The van der Waals surface area contributed by atoms with E-state index in [9.17, 15) is 4.79 Å². The van der Waals surface area contributed by atoms with Gasteiger partial charge in [0.1, 0.15) is 11.2 Å². The fourth-order valence-electron chi connectivity index (χ4n) is 2.52. The molecule has 4 rings (SSSR count). The van der Waals surface area contributed by atoms with Crippen LogP contribution in [0.15, 0.2) is 48.9 Å². The van der Waals surface area contributed by atoms with Gasteiger partial charge in [0.25, 0.3) is 0 Å². The number of anilines is 2. The molecule has 0 aliphatic heterocycles. The van der Waals surface area contributed by atoms with Crippen LogP contribution >= 0.6 is 11.3 Å². The Morgan fingerprint density at radius 2 is 1.96 bits per heavy atom. The van der Waals surface area contributed by atoms with Gasteiger partial charge in [0.15, 0.2) is 5.82 Å². The molecule has 0 aliphatic carbocycles. The van der Waals surface area contributed by atoms with Crippen molar-refractivity contribution in [1.29, 1.82) is 0 Å². The summed E-state index contributed by atoms with van der Waals surface area (Å²) in [6, 6.07) is 11.2. The minimum absolute atomic E-state index is 0.0139. The maximum Gasteiger partial charge on any atom is 0.307 e. The lowest BCUT2D eigenvalue weighted by Crippen LogP contribution is -2.00. The molecule has 1 aromatic carbocycles. The smallest absolute Gasteiger partial charge is 0.307 e. The number of nitrogens with one attached hydrogen (secondary N) is 1. The van der Waals surface area contributed by atoms with Crippen molar-refractivity contribution in [2.75, 3.05) is 5.32 Å². The van der Waals surface area contributed by atoms with E-state index in [1.807, 2.05) is 24.3 Å². The summed E-state index contributed by atoms with van der Waals surface area (Å²) >= 11 is 1.54. The first-order valence-corrected chi connectivity index (χ1v) is 8.08. The van der Waals surface area contributed by atoms with E-state index in [2.05, 4.69) is 20.3 Å². The minimum atomic E-state index is -0.842. The van der Waals surface area contributed by atoms with Crippen LogP contribution in [0.1, 0.15) is 5.56 Å². The van der Waals surface area contributed by atoms with E-state index < -0.39 is 5.97 Å². The van der Waals surface area contributed by atoms with Crippen LogP contribution in [0.25, 0.3) is 20.4 Å². The predicted octanol–water partition coefficient (Wildman–Crippen LogP) is 3.61. The lowest BCUT2D eigenvalue weighted by molar-refractivity contribution is -0.136. The molecule has 4 aromatic rings. The topological polar surface area (TPSA) is 88.0 Å². The van der Waals surface area contributed by atoms with E-state index in [1.54, 1.807) is 29.7 Å². The molecule has 7 heteroatoms. The van der Waals surface area contributed by atoms with Crippen LogP contribution in [0.2, 0.25) is 0 Å². The Morgan fingerprint density at radius 3 is 2.75 bits per heavy atom. The van der Waals surface area contributed by atoms with Crippen LogP contribution < -0.4 is 5.32 Å². The average molecular weight is 336 g/mol. The second-order valence-corrected chi connectivity index (χ2v) is 6.25. The molecule has 0 spiro atoms. The van der Waals surface area contributed by atoms with E-state index in [-0.39, 0.29) is 6.42 Å². The number of carbonyl (C=O) groups is 1. The molecule has 6 nitrogen and oxygen atoms in total. The van der Waals surface area contributed by atoms with Crippen LogP contribution in [0, 0.1) is 0 Å². The van der Waals surface area contributed by atoms with Crippen LogP contribution in [-0.4, -0.2) is 26.0 Å². The molecule has 0 aliphatic rings. The van der Waals surface area contributed by atoms with E-state index in [1.165, 1.54) is 6.33 Å². The lowest BCUT2D eigenvalue weighted by Gasteiger charge is -2.06. The zero-order chi connectivity index (χ0) is 16.5. The number of fused-ring (bicyclic) bond motifs is 3. The number of benzene rings is 1. The highest BCUT2D eigenvalue weighted by Crippen LogP contribution is 2.35. The predicted molar refractivity (Wildman–Crippen MR) is 93.8 cm³/mol. The van der Waals surface area contributed by atoms with E-state index in [0.717, 1.165) is 31.7 Å². The second-order valence-electron chi connectivity index (χ2n) is 5.25. The van der Waals surface area contributed by atoms with Crippen molar-refractivity contribution >= 4 is 49.2 Å². The van der Waals surface area contributed by atoms with Crippen LogP contribution in [0.3, 0.4) is 0 Å². The number of nitrogens with zero attached hydrogens (tertiary/aromatic N) is 3. The van der Waals surface area contributed by atoms with Gasteiger partial charge in [-0.05, 0) is 29.8 Å². The van der Waals surface area contributed by atoms with Gasteiger partial charge in [0, 0.05) is 17.3 Å². The lowest BCUT2D eigenvalue weighted by atomic mass is 10.1. The third-order valence-corrected chi connectivity index (χ3v) is 4.71. The third-order valence-electron chi connectivity index (χ3n) is 3.60. The Kier molecular flexibility index (Phi) is 3.55. The summed E-state index contributed by atoms with van der Waals surface area (Å²) in [4.78, 5) is 24.7. The van der Waals surface area contributed by atoms with Gasteiger partial charge in [-0.2, -0.15) is 0 Å². The third kappa shape index (κ3) is 2.65. The maximum absolute atomic E-state index is 10.7. The fourth-order valence-corrected chi connectivity index (χ4v) is 3.56. The summed E-state index contributed by atoms with van der Waals surface area (Å²) in [5, 5.41) is 13.1.